The summed E-state index contributed by atoms with van der Waals surface area (Å²) in [5.41, 5.74) is -2.73. The largest absolute Gasteiger partial charge is 0.508 e. The van der Waals surface area contributed by atoms with E-state index in [0.717, 1.165) is 6.07 Å². The molecule has 0 unspecified atom stereocenters. The van der Waals surface area contributed by atoms with Gasteiger partial charge in [0.25, 0.3) is 0 Å². The highest BCUT2D eigenvalue weighted by atomic mass is 19.4. The molecule has 1 fully saturated rings. The van der Waals surface area contributed by atoms with E-state index in [-0.39, 0.29) is 5.56 Å². The van der Waals surface area contributed by atoms with Crippen molar-refractivity contribution in [2.45, 2.75) is 31.0 Å². The van der Waals surface area contributed by atoms with E-state index in [1.54, 1.807) is 0 Å². The SMILES string of the molecule is O=C=NC1(c2cc(O)cc(C(F)(F)F)c2O)CCC1. The van der Waals surface area contributed by atoms with Gasteiger partial charge in [0.05, 0.1) is 0 Å². The van der Waals surface area contributed by atoms with Crippen LogP contribution in [-0.4, -0.2) is 16.3 Å². The van der Waals surface area contributed by atoms with E-state index in [1.807, 2.05) is 0 Å². The number of phenols is 2. The number of carbonyl (C=O) groups excluding carboxylic acids is 1. The lowest BCUT2D eigenvalue weighted by atomic mass is 9.71. The monoisotopic (exact) mass is 273 g/mol. The fourth-order valence-electron chi connectivity index (χ4n) is 2.23. The zero-order valence-corrected chi connectivity index (χ0v) is 9.66. The predicted octanol–water partition coefficient (Wildman–Crippen LogP) is 2.83. The van der Waals surface area contributed by atoms with Crippen LogP contribution in [0.3, 0.4) is 0 Å². The number of rotatable bonds is 2. The summed E-state index contributed by atoms with van der Waals surface area (Å²) in [6.07, 6.45) is -2.16. The van der Waals surface area contributed by atoms with Crippen LogP contribution in [0, 0.1) is 0 Å². The average molecular weight is 273 g/mol. The fraction of sp³-hybridized carbons (Fsp3) is 0.417. The molecule has 1 aliphatic carbocycles. The first-order valence-electron chi connectivity index (χ1n) is 5.53. The Kier molecular flexibility index (Phi) is 3.02. The standard InChI is InChI=1S/C12H10F3NO3/c13-12(14,15)9-5-7(18)4-8(10(9)19)11(16-6-17)2-1-3-11/h4-5,18-19H,1-3H2. The van der Waals surface area contributed by atoms with Crippen molar-refractivity contribution in [3.8, 4) is 11.5 Å². The molecule has 0 heterocycles. The molecule has 0 radical (unpaired) electrons. The van der Waals surface area contributed by atoms with Crippen molar-refractivity contribution in [3.63, 3.8) is 0 Å². The molecule has 19 heavy (non-hydrogen) atoms. The van der Waals surface area contributed by atoms with Gasteiger partial charge in [0, 0.05) is 5.56 Å². The molecular formula is C12H10F3NO3. The molecule has 0 aromatic heterocycles. The van der Waals surface area contributed by atoms with E-state index in [0.29, 0.717) is 25.3 Å². The summed E-state index contributed by atoms with van der Waals surface area (Å²) >= 11 is 0. The molecule has 0 spiro atoms. The molecule has 1 aromatic carbocycles. The van der Waals surface area contributed by atoms with E-state index in [4.69, 9.17) is 0 Å². The molecule has 2 rings (SSSR count). The number of isocyanates is 1. The number of nitrogens with zero attached hydrogens (tertiary/aromatic N) is 1. The van der Waals surface area contributed by atoms with Crippen LogP contribution in [0.4, 0.5) is 13.2 Å². The van der Waals surface area contributed by atoms with Gasteiger partial charge in [-0.2, -0.15) is 18.2 Å². The number of alkyl halides is 3. The van der Waals surface area contributed by atoms with Gasteiger partial charge in [0.2, 0.25) is 6.08 Å². The number of aliphatic imine (C=N–C) groups is 1. The van der Waals surface area contributed by atoms with Crippen LogP contribution in [0.5, 0.6) is 11.5 Å². The van der Waals surface area contributed by atoms with E-state index in [9.17, 15) is 28.2 Å². The molecule has 0 atom stereocenters. The van der Waals surface area contributed by atoms with Crippen molar-refractivity contribution < 1.29 is 28.2 Å². The number of benzene rings is 1. The zero-order valence-electron chi connectivity index (χ0n) is 9.66. The predicted molar refractivity (Wildman–Crippen MR) is 58.4 cm³/mol. The van der Waals surface area contributed by atoms with Gasteiger partial charge in [-0.05, 0) is 31.4 Å². The second-order valence-electron chi connectivity index (χ2n) is 4.48. The number of hydrogen-bond donors (Lipinski definition) is 2. The molecular weight excluding hydrogens is 263 g/mol. The number of halogens is 3. The van der Waals surface area contributed by atoms with Gasteiger partial charge in [-0.15, -0.1) is 0 Å². The van der Waals surface area contributed by atoms with Crippen molar-refractivity contribution in [3.05, 3.63) is 23.3 Å². The molecule has 0 saturated heterocycles. The number of phenolic OH excluding ortho intramolecular Hbond substituents is 2. The first kappa shape index (κ1) is 13.4. The Labute approximate surface area is 106 Å². The third-order valence-electron chi connectivity index (χ3n) is 3.34. The van der Waals surface area contributed by atoms with E-state index in [2.05, 4.69) is 4.99 Å². The van der Waals surface area contributed by atoms with E-state index < -0.39 is 28.8 Å². The summed E-state index contributed by atoms with van der Waals surface area (Å²) in [5, 5.41) is 19.1. The summed E-state index contributed by atoms with van der Waals surface area (Å²) in [6.45, 7) is 0. The van der Waals surface area contributed by atoms with Crippen LogP contribution in [0.1, 0.15) is 30.4 Å². The Bertz CT molecular complexity index is 558. The van der Waals surface area contributed by atoms with Crippen molar-refractivity contribution in [2.75, 3.05) is 0 Å². The molecule has 0 bridgehead atoms. The fourth-order valence-corrected chi connectivity index (χ4v) is 2.23. The Morgan fingerprint density at radius 3 is 2.32 bits per heavy atom. The third-order valence-corrected chi connectivity index (χ3v) is 3.34. The molecule has 0 amide bonds. The number of aromatic hydroxyl groups is 2. The van der Waals surface area contributed by atoms with Crippen LogP contribution >= 0.6 is 0 Å². The van der Waals surface area contributed by atoms with Crippen molar-refractivity contribution >= 4 is 6.08 Å². The molecule has 4 nitrogen and oxygen atoms in total. The summed E-state index contributed by atoms with van der Waals surface area (Å²) in [4.78, 5) is 13.9. The maximum Gasteiger partial charge on any atom is 0.420 e. The minimum atomic E-state index is -4.80. The smallest absolute Gasteiger partial charge is 0.420 e. The summed E-state index contributed by atoms with van der Waals surface area (Å²) in [7, 11) is 0. The Balaban J connectivity index is 2.64. The first-order chi connectivity index (χ1) is 8.80. The quantitative estimate of drug-likeness (QED) is 0.494. The van der Waals surface area contributed by atoms with Crippen LogP contribution < -0.4 is 0 Å². The highest BCUT2D eigenvalue weighted by Gasteiger charge is 2.44. The minimum absolute atomic E-state index is 0.186. The number of hydrogen-bond acceptors (Lipinski definition) is 4. The van der Waals surface area contributed by atoms with Crippen LogP contribution in [0.2, 0.25) is 0 Å². The molecule has 1 aliphatic rings. The molecule has 7 heteroatoms. The third kappa shape index (κ3) is 2.17. The molecule has 0 aliphatic heterocycles. The van der Waals surface area contributed by atoms with Gasteiger partial charge in [0.1, 0.15) is 22.6 Å². The van der Waals surface area contributed by atoms with Gasteiger partial charge in [-0.25, -0.2) is 4.79 Å². The van der Waals surface area contributed by atoms with Gasteiger partial charge in [-0.3, -0.25) is 0 Å². The lowest BCUT2D eigenvalue weighted by Gasteiger charge is -2.37. The zero-order chi connectivity index (χ0) is 14.3. The lowest BCUT2D eigenvalue weighted by molar-refractivity contribution is -0.139. The average Bonchev–Trinajstić information content (AvgIpc) is 2.25. The Morgan fingerprint density at radius 2 is 1.89 bits per heavy atom. The van der Waals surface area contributed by atoms with Gasteiger partial charge in [-0.1, -0.05) is 0 Å². The Morgan fingerprint density at radius 1 is 1.26 bits per heavy atom. The van der Waals surface area contributed by atoms with E-state index in [1.165, 1.54) is 6.08 Å². The van der Waals surface area contributed by atoms with Gasteiger partial charge in [0.15, 0.2) is 0 Å². The van der Waals surface area contributed by atoms with Crippen molar-refractivity contribution in [1.29, 1.82) is 0 Å². The minimum Gasteiger partial charge on any atom is -0.508 e. The highest BCUT2D eigenvalue weighted by Crippen LogP contribution is 2.51. The molecule has 1 saturated carbocycles. The topological polar surface area (TPSA) is 69.9 Å². The van der Waals surface area contributed by atoms with Crippen LogP contribution in [-0.2, 0) is 16.5 Å². The normalized spacial score (nSPS) is 17.4. The second-order valence-corrected chi connectivity index (χ2v) is 4.48. The lowest BCUT2D eigenvalue weighted by Crippen LogP contribution is -2.32. The maximum absolute atomic E-state index is 12.7. The van der Waals surface area contributed by atoms with Crippen molar-refractivity contribution in [1.82, 2.24) is 0 Å². The molecule has 2 N–H and O–H groups in total. The Hall–Kier alpha value is -2.01. The molecule has 1 aromatic rings. The first-order valence-corrected chi connectivity index (χ1v) is 5.53. The van der Waals surface area contributed by atoms with Crippen LogP contribution in [0.25, 0.3) is 0 Å². The maximum atomic E-state index is 12.7. The second kappa shape index (κ2) is 4.28. The van der Waals surface area contributed by atoms with Gasteiger partial charge >= 0.3 is 6.18 Å². The summed E-state index contributed by atoms with van der Waals surface area (Å²) in [6, 6.07) is 1.44. The summed E-state index contributed by atoms with van der Waals surface area (Å²) < 4.78 is 38.2. The van der Waals surface area contributed by atoms with Crippen molar-refractivity contribution in [2.24, 2.45) is 4.99 Å². The summed E-state index contributed by atoms with van der Waals surface area (Å²) in [5.74, 6) is -1.63. The van der Waals surface area contributed by atoms with Crippen LogP contribution in [0.15, 0.2) is 17.1 Å². The highest BCUT2D eigenvalue weighted by molar-refractivity contribution is 5.53. The van der Waals surface area contributed by atoms with Gasteiger partial charge < -0.3 is 10.2 Å². The van der Waals surface area contributed by atoms with E-state index >= 15 is 0 Å². The molecule has 102 valence electrons.